The Morgan fingerprint density at radius 3 is 2.62 bits per heavy atom. The third kappa shape index (κ3) is 4.02. The molecule has 2 aromatic carbocycles. The van der Waals surface area contributed by atoms with Gasteiger partial charge in [-0.25, -0.2) is 0 Å². The van der Waals surface area contributed by atoms with E-state index in [1.54, 1.807) is 20.3 Å². The van der Waals surface area contributed by atoms with E-state index in [-0.39, 0.29) is 11.9 Å². The van der Waals surface area contributed by atoms with Gasteiger partial charge in [-0.15, -0.1) is 0 Å². The van der Waals surface area contributed by atoms with Crippen molar-refractivity contribution >= 4 is 23.6 Å². The summed E-state index contributed by atoms with van der Waals surface area (Å²) >= 11 is 5.90. The number of likely N-dealkylation sites (tertiary alicyclic amines) is 1. The van der Waals surface area contributed by atoms with E-state index in [9.17, 15) is 4.79 Å². The summed E-state index contributed by atoms with van der Waals surface area (Å²) in [5.74, 6) is 1.53. The smallest absolute Gasteiger partial charge is 0.247 e. The number of rotatable bonds is 5. The molecule has 1 atom stereocenters. The van der Waals surface area contributed by atoms with Crippen LogP contribution in [0.5, 0.6) is 11.5 Å². The number of carbonyl (C=O) groups excluding carboxylic acids is 1. The lowest BCUT2D eigenvalue weighted by Gasteiger charge is -2.25. The first-order valence-corrected chi connectivity index (χ1v) is 8.96. The molecule has 0 saturated carbocycles. The quantitative estimate of drug-likeness (QED) is 0.713. The fraction of sp³-hybridized carbons (Fsp3) is 0.286. The molecule has 1 aliphatic heterocycles. The van der Waals surface area contributed by atoms with E-state index >= 15 is 0 Å². The van der Waals surface area contributed by atoms with E-state index in [1.165, 1.54) is 0 Å². The molecule has 3 rings (SSSR count). The zero-order chi connectivity index (χ0) is 18.5. The number of methoxy groups -OCH3 is 2. The number of hydrogen-bond acceptors (Lipinski definition) is 3. The van der Waals surface area contributed by atoms with Crippen LogP contribution in [-0.2, 0) is 4.79 Å². The first-order chi connectivity index (χ1) is 12.6. The minimum Gasteiger partial charge on any atom is -0.497 e. The van der Waals surface area contributed by atoms with Crippen molar-refractivity contribution in [3.05, 3.63) is 64.7 Å². The standard InChI is InChI=1S/C21H22ClNO3/c1-25-17-10-11-20(26-2)18(14-17)19-4-3-13-23(19)21(24)12-7-15-5-8-16(22)9-6-15/h5-12,14,19H,3-4,13H2,1-2H3/b12-7+/t19-/m0/s1. The number of carbonyl (C=O) groups is 1. The Labute approximate surface area is 159 Å². The molecule has 5 heteroatoms. The minimum atomic E-state index is -0.0117. The molecule has 1 fully saturated rings. The van der Waals surface area contributed by atoms with Gasteiger partial charge >= 0.3 is 0 Å². The molecule has 26 heavy (non-hydrogen) atoms. The molecule has 0 N–H and O–H groups in total. The SMILES string of the molecule is COc1ccc(OC)c([C@@H]2CCCN2C(=O)/C=C/c2ccc(Cl)cc2)c1. The van der Waals surface area contributed by atoms with Crippen LogP contribution in [0.1, 0.15) is 30.0 Å². The topological polar surface area (TPSA) is 38.8 Å². The van der Waals surface area contributed by atoms with E-state index < -0.39 is 0 Å². The van der Waals surface area contributed by atoms with Gasteiger partial charge < -0.3 is 14.4 Å². The van der Waals surface area contributed by atoms with Gasteiger partial charge in [-0.05, 0) is 54.8 Å². The van der Waals surface area contributed by atoms with Gasteiger partial charge in [0.25, 0.3) is 0 Å². The second-order valence-corrected chi connectivity index (χ2v) is 6.62. The van der Waals surface area contributed by atoms with E-state index in [0.717, 1.165) is 42.0 Å². The van der Waals surface area contributed by atoms with Crippen LogP contribution in [-0.4, -0.2) is 31.6 Å². The lowest BCUT2D eigenvalue weighted by molar-refractivity contribution is -0.126. The van der Waals surface area contributed by atoms with E-state index in [2.05, 4.69) is 0 Å². The van der Waals surface area contributed by atoms with Gasteiger partial charge in [0.2, 0.25) is 5.91 Å². The maximum absolute atomic E-state index is 12.8. The molecule has 0 aromatic heterocycles. The van der Waals surface area contributed by atoms with Crippen LogP contribution >= 0.6 is 11.6 Å². The van der Waals surface area contributed by atoms with Gasteiger partial charge in [0, 0.05) is 23.2 Å². The zero-order valence-electron chi connectivity index (χ0n) is 14.9. The van der Waals surface area contributed by atoms with Gasteiger partial charge in [-0.3, -0.25) is 4.79 Å². The average Bonchev–Trinajstić information content (AvgIpc) is 3.16. The monoisotopic (exact) mass is 371 g/mol. The van der Waals surface area contributed by atoms with Crippen LogP contribution in [0.3, 0.4) is 0 Å². The summed E-state index contributed by atoms with van der Waals surface area (Å²) in [6.07, 6.45) is 5.31. The highest BCUT2D eigenvalue weighted by Gasteiger charge is 2.31. The van der Waals surface area contributed by atoms with Crippen molar-refractivity contribution in [2.45, 2.75) is 18.9 Å². The summed E-state index contributed by atoms with van der Waals surface area (Å²) in [4.78, 5) is 14.7. The maximum atomic E-state index is 12.8. The maximum Gasteiger partial charge on any atom is 0.247 e. The highest BCUT2D eigenvalue weighted by molar-refractivity contribution is 6.30. The molecule has 0 aliphatic carbocycles. The molecular formula is C21H22ClNO3. The fourth-order valence-electron chi connectivity index (χ4n) is 3.29. The number of amides is 1. The van der Waals surface area contributed by atoms with Gasteiger partial charge in [0.15, 0.2) is 0 Å². The van der Waals surface area contributed by atoms with Crippen molar-refractivity contribution in [3.63, 3.8) is 0 Å². The third-order valence-corrected chi connectivity index (χ3v) is 4.87. The molecule has 136 valence electrons. The average molecular weight is 372 g/mol. The molecule has 2 aromatic rings. The van der Waals surface area contributed by atoms with Gasteiger partial charge in [0.1, 0.15) is 11.5 Å². The van der Waals surface area contributed by atoms with E-state index in [4.69, 9.17) is 21.1 Å². The third-order valence-electron chi connectivity index (χ3n) is 4.62. The highest BCUT2D eigenvalue weighted by Crippen LogP contribution is 2.39. The van der Waals surface area contributed by atoms with Crippen LogP contribution in [0, 0.1) is 0 Å². The summed E-state index contributed by atoms with van der Waals surface area (Å²) in [6.45, 7) is 0.731. The van der Waals surface area contributed by atoms with Crippen molar-refractivity contribution < 1.29 is 14.3 Å². The van der Waals surface area contributed by atoms with Gasteiger partial charge in [0.05, 0.1) is 20.3 Å². The van der Waals surface area contributed by atoms with Crippen molar-refractivity contribution in [1.82, 2.24) is 4.90 Å². The molecular weight excluding hydrogens is 350 g/mol. The molecule has 0 bridgehead atoms. The van der Waals surface area contributed by atoms with Gasteiger partial charge in [-0.1, -0.05) is 23.7 Å². The molecule has 0 spiro atoms. The van der Waals surface area contributed by atoms with Crippen LogP contribution in [0.15, 0.2) is 48.5 Å². The second-order valence-electron chi connectivity index (χ2n) is 6.18. The van der Waals surface area contributed by atoms with Gasteiger partial charge in [-0.2, -0.15) is 0 Å². The molecule has 1 saturated heterocycles. The first kappa shape index (κ1) is 18.3. The fourth-order valence-corrected chi connectivity index (χ4v) is 3.42. The Hall–Kier alpha value is -2.46. The molecule has 0 unspecified atom stereocenters. The van der Waals surface area contributed by atoms with Crippen molar-refractivity contribution in [2.75, 3.05) is 20.8 Å². The lowest BCUT2D eigenvalue weighted by Crippen LogP contribution is -2.29. The molecule has 1 amide bonds. The van der Waals surface area contributed by atoms with Crippen molar-refractivity contribution in [2.24, 2.45) is 0 Å². The van der Waals surface area contributed by atoms with Crippen LogP contribution in [0.4, 0.5) is 0 Å². The van der Waals surface area contributed by atoms with Crippen LogP contribution < -0.4 is 9.47 Å². The largest absolute Gasteiger partial charge is 0.497 e. The summed E-state index contributed by atoms with van der Waals surface area (Å²) in [6, 6.07) is 13.1. The number of benzene rings is 2. The predicted molar refractivity (Wildman–Crippen MR) is 104 cm³/mol. The summed E-state index contributed by atoms with van der Waals surface area (Å²) in [5.41, 5.74) is 1.93. The normalized spacial score (nSPS) is 16.9. The van der Waals surface area contributed by atoms with E-state index in [1.807, 2.05) is 53.4 Å². The minimum absolute atomic E-state index is 0.00711. The lowest BCUT2D eigenvalue weighted by atomic mass is 10.0. The van der Waals surface area contributed by atoms with Crippen molar-refractivity contribution in [1.29, 1.82) is 0 Å². The first-order valence-electron chi connectivity index (χ1n) is 8.58. The Bertz CT molecular complexity index is 801. The summed E-state index contributed by atoms with van der Waals surface area (Å²) in [7, 11) is 3.28. The molecule has 0 radical (unpaired) electrons. The number of halogens is 1. The zero-order valence-corrected chi connectivity index (χ0v) is 15.7. The number of nitrogens with zero attached hydrogens (tertiary/aromatic N) is 1. The van der Waals surface area contributed by atoms with E-state index in [0.29, 0.717) is 5.02 Å². The number of ether oxygens (including phenoxy) is 2. The summed E-state index contributed by atoms with van der Waals surface area (Å²) in [5, 5.41) is 0.679. The Morgan fingerprint density at radius 2 is 1.92 bits per heavy atom. The summed E-state index contributed by atoms with van der Waals surface area (Å²) < 4.78 is 10.8. The Morgan fingerprint density at radius 1 is 1.15 bits per heavy atom. The Balaban J connectivity index is 1.81. The highest BCUT2D eigenvalue weighted by atomic mass is 35.5. The molecule has 4 nitrogen and oxygen atoms in total. The van der Waals surface area contributed by atoms with Crippen molar-refractivity contribution in [3.8, 4) is 11.5 Å². The second kappa shape index (κ2) is 8.28. The Kier molecular flexibility index (Phi) is 5.84. The molecule has 1 aliphatic rings. The number of hydrogen-bond donors (Lipinski definition) is 0. The molecule has 1 heterocycles. The predicted octanol–water partition coefficient (Wildman–Crippen LogP) is 4.73. The van der Waals surface area contributed by atoms with Crippen LogP contribution in [0.25, 0.3) is 6.08 Å². The van der Waals surface area contributed by atoms with Crippen LogP contribution in [0.2, 0.25) is 5.02 Å².